The molecule has 31 heavy (non-hydrogen) atoms. The number of carbonyl (C=O) groups is 2. The second-order valence-corrected chi connectivity index (χ2v) is 8.99. The van der Waals surface area contributed by atoms with Gasteiger partial charge in [0.15, 0.2) is 5.16 Å². The Morgan fingerprint density at radius 2 is 2.00 bits per heavy atom. The molecule has 2 atom stereocenters. The third-order valence-corrected chi connectivity index (χ3v) is 6.29. The highest BCUT2D eigenvalue weighted by Gasteiger charge is 2.29. The molecule has 2 unspecified atom stereocenters. The fourth-order valence-electron chi connectivity index (χ4n) is 3.37. The summed E-state index contributed by atoms with van der Waals surface area (Å²) in [5.41, 5.74) is 0.697. The number of amides is 2. The number of piperazine rings is 1. The molecule has 0 aliphatic carbocycles. The first-order valence-electron chi connectivity index (χ1n) is 10.4. The van der Waals surface area contributed by atoms with Crippen LogP contribution in [0.2, 0.25) is 5.15 Å². The van der Waals surface area contributed by atoms with Gasteiger partial charge in [0.2, 0.25) is 5.91 Å². The Balaban J connectivity index is 1.63. The topological polar surface area (TPSA) is 78.4 Å². The molecule has 0 spiro atoms. The number of benzene rings is 1. The highest BCUT2D eigenvalue weighted by atomic mass is 35.5. The highest BCUT2D eigenvalue weighted by molar-refractivity contribution is 7.99. The maximum absolute atomic E-state index is 12.8. The summed E-state index contributed by atoms with van der Waals surface area (Å²) in [5.74, 6) is 0.937. The van der Waals surface area contributed by atoms with Gasteiger partial charge >= 0.3 is 0 Å². The number of hydrogen-bond acceptors (Lipinski definition) is 6. The van der Waals surface area contributed by atoms with E-state index in [0.717, 1.165) is 6.42 Å². The third-order valence-electron chi connectivity index (χ3n) is 5.25. The molecular weight excluding hydrogens is 434 g/mol. The SMILES string of the molecule is CCC(C)NC(=O)CSc1nc(Cl)cc(N2CCN(C(=O)c3ccccc3)C(C)C2)n1. The molecule has 166 valence electrons. The minimum Gasteiger partial charge on any atom is -0.353 e. The van der Waals surface area contributed by atoms with Crippen molar-refractivity contribution in [3.05, 3.63) is 47.1 Å². The van der Waals surface area contributed by atoms with Crippen LogP contribution in [0.3, 0.4) is 0 Å². The van der Waals surface area contributed by atoms with E-state index in [2.05, 4.69) is 20.2 Å². The Morgan fingerprint density at radius 3 is 2.68 bits per heavy atom. The van der Waals surface area contributed by atoms with Crippen LogP contribution in [0.4, 0.5) is 5.82 Å². The standard InChI is InChI=1S/C22H28ClN5O2S/c1-4-15(2)24-20(29)14-31-22-25-18(23)12-19(26-22)27-10-11-28(16(3)13-27)21(30)17-8-6-5-7-9-17/h5-9,12,15-16H,4,10-11,13-14H2,1-3H3,(H,24,29). The van der Waals surface area contributed by atoms with Gasteiger partial charge in [0.25, 0.3) is 5.91 Å². The van der Waals surface area contributed by atoms with Crippen molar-refractivity contribution in [2.24, 2.45) is 0 Å². The van der Waals surface area contributed by atoms with Crippen molar-refractivity contribution in [3.63, 3.8) is 0 Å². The van der Waals surface area contributed by atoms with Crippen LogP contribution in [0.5, 0.6) is 0 Å². The lowest BCUT2D eigenvalue weighted by Crippen LogP contribution is -2.54. The number of nitrogens with one attached hydrogen (secondary N) is 1. The Hall–Kier alpha value is -2.32. The van der Waals surface area contributed by atoms with Gasteiger partial charge in [-0.2, -0.15) is 0 Å². The number of halogens is 1. The van der Waals surface area contributed by atoms with Crippen LogP contribution in [0.25, 0.3) is 0 Å². The quantitative estimate of drug-likeness (QED) is 0.386. The predicted molar refractivity (Wildman–Crippen MR) is 125 cm³/mol. The van der Waals surface area contributed by atoms with E-state index in [1.165, 1.54) is 11.8 Å². The fraction of sp³-hybridized carbons (Fsp3) is 0.455. The summed E-state index contributed by atoms with van der Waals surface area (Å²) in [5, 5.41) is 3.74. The fourth-order valence-corrected chi connectivity index (χ4v) is 4.27. The zero-order chi connectivity index (χ0) is 22.4. The summed E-state index contributed by atoms with van der Waals surface area (Å²) >= 11 is 7.50. The molecule has 2 aromatic rings. The van der Waals surface area contributed by atoms with Crippen molar-refractivity contribution in [3.8, 4) is 0 Å². The molecule has 9 heteroatoms. The van der Waals surface area contributed by atoms with Gasteiger partial charge in [0.05, 0.1) is 5.75 Å². The maximum atomic E-state index is 12.8. The smallest absolute Gasteiger partial charge is 0.254 e. The number of rotatable bonds is 7. The molecule has 1 aliphatic rings. The molecule has 1 aromatic carbocycles. The van der Waals surface area contributed by atoms with Crippen LogP contribution in [0.1, 0.15) is 37.6 Å². The second kappa shape index (κ2) is 10.8. The Bertz CT molecular complexity index is 914. The van der Waals surface area contributed by atoms with E-state index in [1.54, 1.807) is 6.07 Å². The van der Waals surface area contributed by atoms with Gasteiger partial charge in [-0.1, -0.05) is 48.5 Å². The summed E-state index contributed by atoms with van der Waals surface area (Å²) in [6.07, 6.45) is 0.880. The van der Waals surface area contributed by atoms with Gasteiger partial charge in [-0.25, -0.2) is 9.97 Å². The van der Waals surface area contributed by atoms with Gasteiger partial charge < -0.3 is 15.1 Å². The number of carbonyl (C=O) groups excluding carboxylic acids is 2. The van der Waals surface area contributed by atoms with Gasteiger partial charge in [0, 0.05) is 43.3 Å². The molecule has 1 fully saturated rings. The van der Waals surface area contributed by atoms with Gasteiger partial charge in [-0.3, -0.25) is 9.59 Å². The van der Waals surface area contributed by atoms with E-state index < -0.39 is 0 Å². The summed E-state index contributed by atoms with van der Waals surface area (Å²) < 4.78 is 0. The van der Waals surface area contributed by atoms with Crippen molar-refractivity contribution in [2.75, 3.05) is 30.3 Å². The first-order valence-corrected chi connectivity index (χ1v) is 11.8. The van der Waals surface area contributed by atoms with E-state index in [0.29, 0.717) is 41.3 Å². The Kier molecular flexibility index (Phi) is 8.15. The summed E-state index contributed by atoms with van der Waals surface area (Å²) in [6, 6.07) is 11.2. The average molecular weight is 462 g/mol. The van der Waals surface area contributed by atoms with Crippen molar-refractivity contribution < 1.29 is 9.59 Å². The molecule has 2 heterocycles. The van der Waals surface area contributed by atoms with E-state index in [-0.39, 0.29) is 29.7 Å². The zero-order valence-corrected chi connectivity index (χ0v) is 19.6. The largest absolute Gasteiger partial charge is 0.353 e. The molecule has 7 nitrogen and oxygen atoms in total. The van der Waals surface area contributed by atoms with Gasteiger partial charge in [-0.05, 0) is 32.4 Å². The first-order chi connectivity index (χ1) is 14.9. The molecule has 1 aliphatic heterocycles. The van der Waals surface area contributed by atoms with Crippen LogP contribution in [-0.2, 0) is 4.79 Å². The van der Waals surface area contributed by atoms with Crippen molar-refractivity contribution in [2.45, 2.75) is 44.4 Å². The second-order valence-electron chi connectivity index (χ2n) is 7.66. The number of hydrogen-bond donors (Lipinski definition) is 1. The van der Waals surface area contributed by atoms with Crippen LogP contribution in [0, 0.1) is 0 Å². The zero-order valence-electron chi connectivity index (χ0n) is 18.0. The predicted octanol–water partition coefficient (Wildman–Crippen LogP) is 3.49. The van der Waals surface area contributed by atoms with Crippen LogP contribution >= 0.6 is 23.4 Å². The molecule has 2 amide bonds. The van der Waals surface area contributed by atoms with Crippen molar-refractivity contribution in [1.82, 2.24) is 20.2 Å². The monoisotopic (exact) mass is 461 g/mol. The Labute approximate surface area is 192 Å². The number of nitrogens with zero attached hydrogens (tertiary/aromatic N) is 4. The minimum absolute atomic E-state index is 0.0209. The molecule has 0 bridgehead atoms. The minimum atomic E-state index is -0.0499. The first kappa shape index (κ1) is 23.3. The van der Waals surface area contributed by atoms with Crippen molar-refractivity contribution >= 4 is 41.0 Å². The van der Waals surface area contributed by atoms with E-state index in [9.17, 15) is 9.59 Å². The third kappa shape index (κ3) is 6.33. The summed E-state index contributed by atoms with van der Waals surface area (Å²) in [7, 11) is 0. The molecule has 1 saturated heterocycles. The molecular formula is C22H28ClN5O2S. The highest BCUT2D eigenvalue weighted by Crippen LogP contribution is 2.24. The molecule has 1 aromatic heterocycles. The maximum Gasteiger partial charge on any atom is 0.254 e. The van der Waals surface area contributed by atoms with Crippen LogP contribution in [0.15, 0.2) is 41.6 Å². The Morgan fingerprint density at radius 1 is 1.26 bits per heavy atom. The lowest BCUT2D eigenvalue weighted by molar-refractivity contribution is -0.119. The number of aromatic nitrogens is 2. The lowest BCUT2D eigenvalue weighted by atomic mass is 10.1. The van der Waals surface area contributed by atoms with Gasteiger partial charge in [-0.15, -0.1) is 0 Å². The van der Waals surface area contributed by atoms with Gasteiger partial charge in [0.1, 0.15) is 11.0 Å². The summed E-state index contributed by atoms with van der Waals surface area (Å²) in [6.45, 7) is 7.92. The normalized spacial score (nSPS) is 17.4. The molecule has 3 rings (SSSR count). The molecule has 0 radical (unpaired) electrons. The van der Waals surface area contributed by atoms with E-state index >= 15 is 0 Å². The number of thioether (sulfide) groups is 1. The molecule has 0 saturated carbocycles. The number of anilines is 1. The lowest BCUT2D eigenvalue weighted by Gasteiger charge is -2.40. The average Bonchev–Trinajstić information content (AvgIpc) is 2.77. The van der Waals surface area contributed by atoms with E-state index in [1.807, 2.05) is 56.0 Å². The van der Waals surface area contributed by atoms with Crippen LogP contribution in [-0.4, -0.2) is 64.2 Å². The van der Waals surface area contributed by atoms with Crippen molar-refractivity contribution in [1.29, 1.82) is 0 Å². The molecule has 1 N–H and O–H groups in total. The summed E-state index contributed by atoms with van der Waals surface area (Å²) in [4.78, 5) is 37.7. The van der Waals surface area contributed by atoms with Crippen LogP contribution < -0.4 is 10.2 Å². The van der Waals surface area contributed by atoms with E-state index in [4.69, 9.17) is 11.6 Å².